The molecule has 32 heavy (non-hydrogen) atoms. The van der Waals surface area contributed by atoms with Gasteiger partial charge in [-0.3, -0.25) is 14.9 Å². The maximum absolute atomic E-state index is 13.0. The third-order valence-corrected chi connectivity index (χ3v) is 5.48. The highest BCUT2D eigenvalue weighted by Gasteiger charge is 2.30. The molecule has 0 unspecified atom stereocenters. The van der Waals surface area contributed by atoms with Gasteiger partial charge in [-0.25, -0.2) is 13.6 Å². The molecule has 3 rings (SSSR count). The average Bonchev–Trinajstić information content (AvgIpc) is 3.02. The number of rotatable bonds is 7. The molecule has 1 aliphatic heterocycles. The molecule has 0 bridgehead atoms. The molecule has 2 aromatic rings. The van der Waals surface area contributed by atoms with E-state index in [2.05, 4.69) is 5.10 Å². The van der Waals surface area contributed by atoms with Crippen LogP contribution in [-0.2, 0) is 14.8 Å². The normalized spacial score (nSPS) is 15.1. The number of nitrogens with two attached hydrogens (primary N) is 1. The Kier molecular flexibility index (Phi) is 6.27. The van der Waals surface area contributed by atoms with Crippen LogP contribution in [0.2, 0.25) is 0 Å². The van der Waals surface area contributed by atoms with Gasteiger partial charge in [-0.1, -0.05) is 0 Å². The van der Waals surface area contributed by atoms with E-state index in [-0.39, 0.29) is 34.3 Å². The molecule has 0 saturated heterocycles. The molecular weight excluding hydrogens is 440 g/mol. The highest BCUT2D eigenvalue weighted by Crippen LogP contribution is 2.39. The van der Waals surface area contributed by atoms with Crippen LogP contribution in [-0.4, -0.2) is 38.7 Å². The molecule has 0 saturated carbocycles. The van der Waals surface area contributed by atoms with E-state index >= 15 is 0 Å². The molecule has 11 nitrogen and oxygen atoms in total. The molecule has 0 aliphatic carbocycles. The number of sulfonamides is 1. The van der Waals surface area contributed by atoms with Crippen LogP contribution >= 0.6 is 0 Å². The van der Waals surface area contributed by atoms with Gasteiger partial charge in [-0.05, 0) is 55.8 Å². The van der Waals surface area contributed by atoms with Crippen molar-refractivity contribution in [2.75, 3.05) is 18.7 Å². The van der Waals surface area contributed by atoms with E-state index in [0.717, 1.165) is 5.01 Å². The summed E-state index contributed by atoms with van der Waals surface area (Å²) in [5.74, 6) is -0.327. The third-order valence-electron chi connectivity index (χ3n) is 4.55. The number of nitrogens with zero attached hydrogens (tertiary/aromatic N) is 3. The van der Waals surface area contributed by atoms with Crippen LogP contribution in [0.3, 0.4) is 0 Å². The van der Waals surface area contributed by atoms with Crippen LogP contribution in [0.25, 0.3) is 6.08 Å². The summed E-state index contributed by atoms with van der Waals surface area (Å²) in [7, 11) is -2.51. The molecule has 168 valence electrons. The highest BCUT2D eigenvalue weighted by molar-refractivity contribution is 7.89. The summed E-state index contributed by atoms with van der Waals surface area (Å²) >= 11 is 0. The van der Waals surface area contributed by atoms with Crippen molar-refractivity contribution in [1.29, 1.82) is 0 Å². The lowest BCUT2D eigenvalue weighted by molar-refractivity contribution is -0.385. The van der Waals surface area contributed by atoms with Crippen LogP contribution in [0.15, 0.2) is 52.0 Å². The van der Waals surface area contributed by atoms with Crippen LogP contribution in [0.5, 0.6) is 11.5 Å². The van der Waals surface area contributed by atoms with E-state index in [0.29, 0.717) is 17.0 Å². The molecule has 1 amide bonds. The minimum atomic E-state index is -3.87. The van der Waals surface area contributed by atoms with Crippen molar-refractivity contribution in [3.05, 3.63) is 57.6 Å². The Balaban J connectivity index is 2.00. The van der Waals surface area contributed by atoms with Crippen molar-refractivity contribution < 1.29 is 27.6 Å². The number of hydrogen-bond donors (Lipinski definition) is 1. The van der Waals surface area contributed by atoms with Crippen LogP contribution in [0, 0.1) is 10.1 Å². The molecule has 12 heteroatoms. The van der Waals surface area contributed by atoms with Crippen molar-refractivity contribution in [2.45, 2.75) is 18.7 Å². The van der Waals surface area contributed by atoms with E-state index in [1.54, 1.807) is 13.8 Å². The van der Waals surface area contributed by atoms with Gasteiger partial charge in [0, 0.05) is 6.07 Å². The minimum absolute atomic E-state index is 0.00172. The van der Waals surface area contributed by atoms with Gasteiger partial charge in [0.05, 0.1) is 40.5 Å². The molecular formula is C20H20N4O7S. The zero-order chi connectivity index (χ0) is 23.6. The van der Waals surface area contributed by atoms with E-state index in [9.17, 15) is 23.3 Å². The number of anilines is 1. The van der Waals surface area contributed by atoms with Gasteiger partial charge >= 0.3 is 5.69 Å². The monoisotopic (exact) mass is 460 g/mol. The summed E-state index contributed by atoms with van der Waals surface area (Å²) in [6, 6.07) is 8.15. The maximum atomic E-state index is 13.0. The Morgan fingerprint density at radius 2 is 1.91 bits per heavy atom. The van der Waals surface area contributed by atoms with Crippen LogP contribution < -0.4 is 19.6 Å². The van der Waals surface area contributed by atoms with Crippen molar-refractivity contribution in [3.63, 3.8) is 0 Å². The number of hydrazone groups is 1. The van der Waals surface area contributed by atoms with Crippen molar-refractivity contribution >= 4 is 39.1 Å². The first-order valence-electron chi connectivity index (χ1n) is 9.30. The number of ether oxygens (including phenoxy) is 2. The van der Waals surface area contributed by atoms with E-state index in [1.165, 1.54) is 49.6 Å². The molecule has 0 fully saturated rings. The standard InChI is InChI=1S/C20H20N4O7S/c1-4-31-19-17(24(26)27)10-13(11-18(19)30-3)9-16-12(2)22-23(20(16)25)14-5-7-15(8-6-14)32(21,28)29/h5-11H,4H2,1-3H3,(H2,21,28,29)/b16-9-. The Labute approximate surface area is 183 Å². The summed E-state index contributed by atoms with van der Waals surface area (Å²) in [5, 5.41) is 21.9. The lowest BCUT2D eigenvalue weighted by atomic mass is 10.1. The molecule has 2 aromatic carbocycles. The van der Waals surface area contributed by atoms with Crippen LogP contribution in [0.4, 0.5) is 11.4 Å². The summed E-state index contributed by atoms with van der Waals surface area (Å²) in [6.45, 7) is 3.52. The molecule has 1 aliphatic rings. The lowest BCUT2D eigenvalue weighted by Gasteiger charge is -2.12. The SMILES string of the molecule is CCOc1c(OC)cc(/C=C2\C(=O)N(c3ccc(S(N)(=O)=O)cc3)N=C2C)cc1[N+](=O)[O-]. The number of methoxy groups -OCH3 is 1. The Hall–Kier alpha value is -3.77. The summed E-state index contributed by atoms with van der Waals surface area (Å²) in [4.78, 5) is 23.8. The fourth-order valence-electron chi connectivity index (χ4n) is 3.07. The first-order chi connectivity index (χ1) is 15.1. The molecule has 2 N–H and O–H groups in total. The Bertz CT molecular complexity index is 1250. The molecule has 0 aromatic heterocycles. The first-order valence-corrected chi connectivity index (χ1v) is 10.8. The second kappa shape index (κ2) is 8.77. The molecule has 0 spiro atoms. The smallest absolute Gasteiger partial charge is 0.315 e. The van der Waals surface area contributed by atoms with Crippen molar-refractivity contribution in [3.8, 4) is 11.5 Å². The second-order valence-electron chi connectivity index (χ2n) is 6.66. The predicted molar refractivity (Wildman–Crippen MR) is 117 cm³/mol. The molecule has 0 atom stereocenters. The van der Waals surface area contributed by atoms with Crippen molar-refractivity contribution in [1.82, 2.24) is 0 Å². The average molecular weight is 460 g/mol. The fraction of sp³-hybridized carbons (Fsp3) is 0.200. The maximum Gasteiger partial charge on any atom is 0.315 e. The van der Waals surface area contributed by atoms with Gasteiger partial charge in [0.25, 0.3) is 5.91 Å². The quantitative estimate of drug-likeness (QED) is 0.378. The number of amides is 1. The van der Waals surface area contributed by atoms with E-state index in [4.69, 9.17) is 14.6 Å². The van der Waals surface area contributed by atoms with Gasteiger partial charge in [0.1, 0.15) is 0 Å². The zero-order valence-corrected chi connectivity index (χ0v) is 18.3. The van der Waals surface area contributed by atoms with Gasteiger partial charge in [0.2, 0.25) is 15.8 Å². The van der Waals surface area contributed by atoms with Gasteiger partial charge < -0.3 is 9.47 Å². The number of carbonyl (C=O) groups is 1. The highest BCUT2D eigenvalue weighted by atomic mass is 32.2. The number of benzene rings is 2. The largest absolute Gasteiger partial charge is 0.493 e. The number of nitro benzene ring substituents is 1. The number of nitro groups is 1. The summed E-state index contributed by atoms with van der Waals surface area (Å²) in [6.07, 6.45) is 1.46. The van der Waals surface area contributed by atoms with Crippen molar-refractivity contribution in [2.24, 2.45) is 10.2 Å². The minimum Gasteiger partial charge on any atom is -0.493 e. The number of hydrogen-bond acceptors (Lipinski definition) is 8. The predicted octanol–water partition coefficient (Wildman–Crippen LogP) is 2.46. The number of primary sulfonamides is 1. The van der Waals surface area contributed by atoms with E-state index < -0.39 is 20.9 Å². The Morgan fingerprint density at radius 3 is 2.44 bits per heavy atom. The summed E-state index contributed by atoms with van der Waals surface area (Å²) in [5.41, 5.74) is 0.970. The van der Waals surface area contributed by atoms with Gasteiger partial charge in [-0.2, -0.15) is 10.1 Å². The summed E-state index contributed by atoms with van der Waals surface area (Å²) < 4.78 is 33.4. The second-order valence-corrected chi connectivity index (χ2v) is 8.22. The lowest BCUT2D eigenvalue weighted by Crippen LogP contribution is -2.21. The third kappa shape index (κ3) is 4.45. The molecule has 1 heterocycles. The topological polar surface area (TPSA) is 154 Å². The first kappa shape index (κ1) is 22.9. The fourth-order valence-corrected chi connectivity index (χ4v) is 3.59. The Morgan fingerprint density at radius 1 is 1.25 bits per heavy atom. The zero-order valence-electron chi connectivity index (χ0n) is 17.4. The molecule has 0 radical (unpaired) electrons. The van der Waals surface area contributed by atoms with Gasteiger partial charge in [-0.15, -0.1) is 0 Å². The number of carbonyl (C=O) groups excluding carboxylic acids is 1. The van der Waals surface area contributed by atoms with E-state index in [1.807, 2.05) is 0 Å². The van der Waals surface area contributed by atoms with Gasteiger partial charge in [0.15, 0.2) is 5.75 Å². The van der Waals surface area contributed by atoms with Crippen LogP contribution in [0.1, 0.15) is 19.4 Å².